The third-order valence-electron chi connectivity index (χ3n) is 3.24. The lowest BCUT2D eigenvalue weighted by atomic mass is 10.0. The zero-order valence-corrected chi connectivity index (χ0v) is 11.0. The highest BCUT2D eigenvalue weighted by Crippen LogP contribution is 2.18. The largest absolute Gasteiger partial charge is 0.395 e. The zero-order valence-electron chi connectivity index (χ0n) is 11.0. The molecule has 0 aliphatic carbocycles. The lowest BCUT2D eigenvalue weighted by molar-refractivity contribution is -0.131. The third-order valence-corrected chi connectivity index (χ3v) is 3.24. The van der Waals surface area contributed by atoms with E-state index in [0.717, 1.165) is 16.5 Å². The fourth-order valence-corrected chi connectivity index (χ4v) is 2.17. The van der Waals surface area contributed by atoms with Crippen molar-refractivity contribution in [1.29, 1.82) is 0 Å². The Bertz CT molecular complexity index is 565. The van der Waals surface area contributed by atoms with Gasteiger partial charge in [0.05, 0.1) is 12.6 Å². The summed E-state index contributed by atoms with van der Waals surface area (Å²) in [6, 6.07) is 7.34. The molecule has 0 unspecified atom stereocenters. The van der Waals surface area contributed by atoms with Crippen LogP contribution in [0.3, 0.4) is 0 Å². The van der Waals surface area contributed by atoms with Gasteiger partial charge >= 0.3 is 0 Å². The molecule has 0 saturated carbocycles. The number of carbonyl (C=O) groups is 1. The van der Waals surface area contributed by atoms with Crippen molar-refractivity contribution in [3.8, 4) is 0 Å². The van der Waals surface area contributed by atoms with E-state index in [-0.39, 0.29) is 12.5 Å². The number of carbonyl (C=O) groups excluding carboxylic acids is 1. The Hall–Kier alpha value is -1.85. The van der Waals surface area contributed by atoms with Crippen molar-refractivity contribution >= 4 is 16.8 Å². The van der Waals surface area contributed by atoms with Crippen LogP contribution < -0.4 is 5.73 Å². The van der Waals surface area contributed by atoms with E-state index >= 15 is 0 Å². The summed E-state index contributed by atoms with van der Waals surface area (Å²) in [5.74, 6) is -0.153. The highest BCUT2D eigenvalue weighted by atomic mass is 16.3. The Morgan fingerprint density at radius 2 is 2.21 bits per heavy atom. The molecule has 102 valence electrons. The van der Waals surface area contributed by atoms with Crippen molar-refractivity contribution in [2.24, 2.45) is 5.73 Å². The number of hydrogen-bond donors (Lipinski definition) is 3. The predicted molar refractivity (Wildman–Crippen MR) is 74.7 cm³/mol. The molecular formula is C14H19N3O2. The third kappa shape index (κ3) is 2.94. The second-order valence-electron chi connectivity index (χ2n) is 4.65. The number of aliphatic hydroxyl groups excluding tert-OH is 1. The number of amides is 1. The van der Waals surface area contributed by atoms with Crippen molar-refractivity contribution in [3.63, 3.8) is 0 Å². The summed E-state index contributed by atoms with van der Waals surface area (Å²) in [7, 11) is 1.65. The van der Waals surface area contributed by atoms with Crippen LogP contribution in [0.25, 0.3) is 10.9 Å². The summed E-state index contributed by atoms with van der Waals surface area (Å²) in [6.07, 6.45) is 2.38. The van der Waals surface area contributed by atoms with E-state index in [9.17, 15) is 4.79 Å². The SMILES string of the molecule is CN(CCO)C(=O)[C@@H](N)Cc1c[nH]c2ccccc12. The average Bonchev–Trinajstić information content (AvgIpc) is 2.81. The number of nitrogens with one attached hydrogen (secondary N) is 1. The number of benzene rings is 1. The fourth-order valence-electron chi connectivity index (χ4n) is 2.17. The van der Waals surface area contributed by atoms with E-state index in [1.807, 2.05) is 30.5 Å². The standard InChI is InChI=1S/C14H19N3O2/c1-17(6-7-18)14(19)12(15)8-10-9-16-13-5-3-2-4-11(10)13/h2-5,9,12,16,18H,6-8,15H2,1H3/t12-/m0/s1. The van der Waals surface area contributed by atoms with E-state index in [2.05, 4.69) is 4.98 Å². The lowest BCUT2D eigenvalue weighted by Gasteiger charge is -2.20. The topological polar surface area (TPSA) is 82.3 Å². The molecule has 0 bridgehead atoms. The molecule has 1 aromatic carbocycles. The minimum Gasteiger partial charge on any atom is -0.395 e. The maximum absolute atomic E-state index is 12.0. The van der Waals surface area contributed by atoms with Gasteiger partial charge in [0.2, 0.25) is 5.91 Å². The molecule has 0 spiro atoms. The zero-order chi connectivity index (χ0) is 13.8. The normalized spacial score (nSPS) is 12.6. The minimum absolute atomic E-state index is 0.0535. The Labute approximate surface area is 112 Å². The summed E-state index contributed by atoms with van der Waals surface area (Å²) in [5.41, 5.74) is 8.02. The van der Waals surface area contributed by atoms with Gasteiger partial charge in [0, 0.05) is 30.7 Å². The Balaban J connectivity index is 2.10. The van der Waals surface area contributed by atoms with Crippen LogP contribution in [0.2, 0.25) is 0 Å². The van der Waals surface area contributed by atoms with Crippen molar-refractivity contribution in [2.75, 3.05) is 20.2 Å². The van der Waals surface area contributed by atoms with Crippen LogP contribution in [0.5, 0.6) is 0 Å². The molecule has 1 aromatic heterocycles. The molecule has 0 radical (unpaired) electrons. The average molecular weight is 261 g/mol. The summed E-state index contributed by atoms with van der Waals surface area (Å²) >= 11 is 0. The number of para-hydroxylation sites is 1. The lowest BCUT2D eigenvalue weighted by Crippen LogP contribution is -2.44. The number of nitrogens with two attached hydrogens (primary N) is 1. The number of likely N-dealkylation sites (N-methyl/N-ethyl adjacent to an activating group) is 1. The number of fused-ring (bicyclic) bond motifs is 1. The number of aromatic nitrogens is 1. The van der Waals surface area contributed by atoms with Crippen LogP contribution in [0.4, 0.5) is 0 Å². The van der Waals surface area contributed by atoms with Crippen LogP contribution in [-0.2, 0) is 11.2 Å². The molecule has 2 rings (SSSR count). The van der Waals surface area contributed by atoms with Gasteiger partial charge in [-0.1, -0.05) is 18.2 Å². The maximum atomic E-state index is 12.0. The van der Waals surface area contributed by atoms with Gasteiger partial charge in [-0.15, -0.1) is 0 Å². The molecule has 0 fully saturated rings. The predicted octanol–water partition coefficient (Wildman–Crippen LogP) is 0.488. The first-order chi connectivity index (χ1) is 9.13. The molecule has 19 heavy (non-hydrogen) atoms. The molecule has 1 atom stereocenters. The summed E-state index contributed by atoms with van der Waals surface area (Å²) in [4.78, 5) is 16.6. The molecule has 1 amide bonds. The number of H-pyrrole nitrogens is 1. The van der Waals surface area contributed by atoms with Crippen molar-refractivity contribution in [2.45, 2.75) is 12.5 Å². The second-order valence-corrected chi connectivity index (χ2v) is 4.65. The van der Waals surface area contributed by atoms with E-state index in [1.54, 1.807) is 7.05 Å². The minimum atomic E-state index is -0.587. The Kier molecular flexibility index (Phi) is 4.19. The summed E-state index contributed by atoms with van der Waals surface area (Å²) in [6.45, 7) is 0.252. The molecular weight excluding hydrogens is 242 g/mol. The molecule has 5 nitrogen and oxygen atoms in total. The maximum Gasteiger partial charge on any atom is 0.239 e. The van der Waals surface area contributed by atoms with Gasteiger partial charge in [-0.3, -0.25) is 4.79 Å². The first kappa shape index (κ1) is 13.6. The van der Waals surface area contributed by atoms with Crippen molar-refractivity contribution in [1.82, 2.24) is 9.88 Å². The molecule has 0 aliphatic heterocycles. The van der Waals surface area contributed by atoms with Gasteiger partial charge in [-0.25, -0.2) is 0 Å². The fraction of sp³-hybridized carbons (Fsp3) is 0.357. The molecule has 4 N–H and O–H groups in total. The summed E-state index contributed by atoms with van der Waals surface area (Å²) < 4.78 is 0. The van der Waals surface area contributed by atoms with Gasteiger partial charge < -0.3 is 20.7 Å². The number of aromatic amines is 1. The Morgan fingerprint density at radius 1 is 1.47 bits per heavy atom. The van der Waals surface area contributed by atoms with E-state index in [0.29, 0.717) is 13.0 Å². The first-order valence-electron chi connectivity index (χ1n) is 6.30. The molecule has 1 heterocycles. The van der Waals surface area contributed by atoms with Gasteiger partial charge in [-0.2, -0.15) is 0 Å². The van der Waals surface area contributed by atoms with Crippen LogP contribution in [0, 0.1) is 0 Å². The molecule has 2 aromatic rings. The number of rotatable bonds is 5. The van der Waals surface area contributed by atoms with Crippen molar-refractivity contribution < 1.29 is 9.90 Å². The molecule has 0 aliphatic rings. The quantitative estimate of drug-likeness (QED) is 0.732. The molecule has 5 heteroatoms. The molecule has 0 saturated heterocycles. The Morgan fingerprint density at radius 3 is 2.95 bits per heavy atom. The van der Waals surface area contributed by atoms with Gasteiger partial charge in [0.15, 0.2) is 0 Å². The smallest absolute Gasteiger partial charge is 0.239 e. The van der Waals surface area contributed by atoms with Crippen molar-refractivity contribution in [3.05, 3.63) is 36.0 Å². The number of hydrogen-bond acceptors (Lipinski definition) is 3. The second kappa shape index (κ2) is 5.86. The van der Waals surface area contributed by atoms with Crippen LogP contribution in [0.15, 0.2) is 30.5 Å². The van der Waals surface area contributed by atoms with Gasteiger partial charge in [0.25, 0.3) is 0 Å². The van der Waals surface area contributed by atoms with Gasteiger partial charge in [0.1, 0.15) is 0 Å². The highest BCUT2D eigenvalue weighted by Gasteiger charge is 2.19. The highest BCUT2D eigenvalue weighted by molar-refractivity contribution is 5.86. The monoisotopic (exact) mass is 261 g/mol. The van der Waals surface area contributed by atoms with Crippen LogP contribution >= 0.6 is 0 Å². The van der Waals surface area contributed by atoms with E-state index < -0.39 is 6.04 Å². The number of nitrogens with zero attached hydrogens (tertiary/aromatic N) is 1. The van der Waals surface area contributed by atoms with Crippen LogP contribution in [0.1, 0.15) is 5.56 Å². The first-order valence-corrected chi connectivity index (χ1v) is 6.30. The van der Waals surface area contributed by atoms with E-state index in [4.69, 9.17) is 10.8 Å². The summed E-state index contributed by atoms with van der Waals surface area (Å²) in [5, 5.41) is 9.92. The number of aliphatic hydroxyl groups is 1. The van der Waals surface area contributed by atoms with E-state index in [1.165, 1.54) is 4.90 Å². The van der Waals surface area contributed by atoms with Gasteiger partial charge in [-0.05, 0) is 18.1 Å². The van der Waals surface area contributed by atoms with Crippen LogP contribution in [-0.4, -0.2) is 47.1 Å².